The van der Waals surface area contributed by atoms with E-state index >= 15 is 0 Å². The van der Waals surface area contributed by atoms with Gasteiger partial charge in [-0.15, -0.1) is 0 Å². The molecule has 0 spiro atoms. The Morgan fingerprint density at radius 3 is 2.83 bits per heavy atom. The molecule has 9 heteroatoms. The van der Waals surface area contributed by atoms with Crippen LogP contribution < -0.4 is 0 Å². The molecule has 1 fully saturated rings. The van der Waals surface area contributed by atoms with Gasteiger partial charge in [-0.05, 0) is 18.8 Å². The lowest BCUT2D eigenvalue weighted by molar-refractivity contribution is -0.142. The molecule has 1 aliphatic carbocycles. The van der Waals surface area contributed by atoms with Crippen LogP contribution >= 0.6 is 0 Å². The van der Waals surface area contributed by atoms with E-state index in [9.17, 15) is 13.2 Å². The highest BCUT2D eigenvalue weighted by Gasteiger charge is 2.40. The van der Waals surface area contributed by atoms with Gasteiger partial charge in [0.2, 0.25) is 5.89 Å². The first kappa shape index (κ1) is 15.6. The van der Waals surface area contributed by atoms with Gasteiger partial charge >= 0.3 is 6.18 Å². The molecule has 0 amide bonds. The van der Waals surface area contributed by atoms with Crippen LogP contribution in [0.2, 0.25) is 0 Å². The summed E-state index contributed by atoms with van der Waals surface area (Å²) >= 11 is 0. The zero-order chi connectivity index (χ0) is 16.9. The Kier molecular flexibility index (Phi) is 3.63. The Labute approximate surface area is 136 Å². The molecule has 0 N–H and O–H groups in total. The van der Waals surface area contributed by atoms with Gasteiger partial charge in [0.1, 0.15) is 6.54 Å². The van der Waals surface area contributed by atoms with E-state index in [1.165, 1.54) is 4.68 Å². The fraction of sp³-hybridized carbons (Fsp3) is 0.667. The van der Waals surface area contributed by atoms with Crippen LogP contribution in [0.1, 0.15) is 54.3 Å². The normalized spacial score (nSPS) is 19.3. The Balaban J connectivity index is 1.61. The Morgan fingerprint density at radius 1 is 1.33 bits per heavy atom. The van der Waals surface area contributed by atoms with Gasteiger partial charge < -0.3 is 9.26 Å². The number of fused-ring (bicyclic) bond motifs is 1. The molecule has 130 valence electrons. The van der Waals surface area contributed by atoms with Crippen molar-refractivity contribution in [3.05, 3.63) is 28.7 Å². The van der Waals surface area contributed by atoms with Crippen LogP contribution in [0.15, 0.2) is 4.52 Å². The van der Waals surface area contributed by atoms with Crippen molar-refractivity contribution in [2.45, 2.75) is 51.4 Å². The van der Waals surface area contributed by atoms with Crippen molar-refractivity contribution in [3.63, 3.8) is 0 Å². The number of alkyl halides is 3. The van der Waals surface area contributed by atoms with E-state index < -0.39 is 11.9 Å². The van der Waals surface area contributed by atoms with Gasteiger partial charge in [0.25, 0.3) is 0 Å². The minimum atomic E-state index is -4.50. The van der Waals surface area contributed by atoms with Crippen molar-refractivity contribution < 1.29 is 22.4 Å². The summed E-state index contributed by atoms with van der Waals surface area (Å²) in [6, 6.07) is 0. The maximum Gasteiger partial charge on any atom is 0.435 e. The molecule has 0 bridgehead atoms. The van der Waals surface area contributed by atoms with Crippen LogP contribution in [-0.2, 0) is 30.5 Å². The van der Waals surface area contributed by atoms with E-state index in [0.29, 0.717) is 30.5 Å². The first-order chi connectivity index (χ1) is 11.4. The fourth-order valence-electron chi connectivity index (χ4n) is 3.12. The van der Waals surface area contributed by atoms with Gasteiger partial charge in [0.15, 0.2) is 11.5 Å². The third-order valence-electron chi connectivity index (χ3n) is 4.67. The molecule has 2 aromatic rings. The number of aromatic nitrogens is 4. The van der Waals surface area contributed by atoms with Crippen LogP contribution in [0.5, 0.6) is 0 Å². The van der Waals surface area contributed by atoms with Crippen molar-refractivity contribution >= 4 is 0 Å². The molecule has 1 saturated carbocycles. The zero-order valence-corrected chi connectivity index (χ0v) is 13.1. The highest BCUT2D eigenvalue weighted by atomic mass is 19.4. The number of hydrogen-bond donors (Lipinski definition) is 0. The lowest BCUT2D eigenvalue weighted by Crippen LogP contribution is -2.15. The van der Waals surface area contributed by atoms with Crippen LogP contribution in [-0.4, -0.2) is 26.5 Å². The number of rotatable bonds is 4. The summed E-state index contributed by atoms with van der Waals surface area (Å²) in [7, 11) is 0. The predicted octanol–water partition coefficient (Wildman–Crippen LogP) is 2.92. The molecule has 1 aliphatic heterocycles. The molecule has 4 rings (SSSR count). The lowest BCUT2D eigenvalue weighted by Gasteiger charge is -2.14. The van der Waals surface area contributed by atoms with Crippen molar-refractivity contribution in [2.75, 3.05) is 6.61 Å². The van der Waals surface area contributed by atoms with Crippen LogP contribution in [0.25, 0.3) is 0 Å². The van der Waals surface area contributed by atoms with Crippen molar-refractivity contribution in [2.24, 2.45) is 5.92 Å². The van der Waals surface area contributed by atoms with Gasteiger partial charge in [-0.2, -0.15) is 23.3 Å². The van der Waals surface area contributed by atoms with Gasteiger partial charge in [-0.25, -0.2) is 0 Å². The Bertz CT molecular complexity index is 748. The second-order valence-electron chi connectivity index (χ2n) is 6.40. The van der Waals surface area contributed by atoms with E-state index in [1.807, 2.05) is 6.92 Å². The molecular formula is C15H17F3N4O2. The average Bonchev–Trinajstić information content (AvgIpc) is 3.17. The molecule has 1 atom stereocenters. The summed E-state index contributed by atoms with van der Waals surface area (Å²) in [6.07, 6.45) is -1.80. The van der Waals surface area contributed by atoms with Gasteiger partial charge in [0, 0.05) is 23.6 Å². The van der Waals surface area contributed by atoms with E-state index in [1.54, 1.807) is 0 Å². The molecular weight excluding hydrogens is 325 g/mol. The van der Waals surface area contributed by atoms with Crippen LogP contribution in [0, 0.1) is 5.92 Å². The van der Waals surface area contributed by atoms with Gasteiger partial charge in [0.05, 0.1) is 13.2 Å². The summed E-state index contributed by atoms with van der Waals surface area (Å²) in [5.41, 5.74) is -0.244. The fourth-order valence-corrected chi connectivity index (χ4v) is 3.12. The third-order valence-corrected chi connectivity index (χ3v) is 4.67. The van der Waals surface area contributed by atoms with E-state index in [4.69, 9.17) is 9.26 Å². The maximum atomic E-state index is 13.2. The SMILES string of the molecule is CC(c1noc(Cn2nc(C(F)(F)F)c3c2CCOC3)n1)C1CC1. The molecule has 2 aliphatic rings. The monoisotopic (exact) mass is 342 g/mol. The Morgan fingerprint density at radius 2 is 2.12 bits per heavy atom. The molecule has 2 aromatic heterocycles. The quantitative estimate of drug-likeness (QED) is 0.855. The predicted molar refractivity (Wildman–Crippen MR) is 75.1 cm³/mol. The Hall–Kier alpha value is -1.90. The van der Waals surface area contributed by atoms with Crippen molar-refractivity contribution in [1.29, 1.82) is 0 Å². The third kappa shape index (κ3) is 2.81. The zero-order valence-electron chi connectivity index (χ0n) is 13.1. The second-order valence-corrected chi connectivity index (χ2v) is 6.40. The van der Waals surface area contributed by atoms with Gasteiger partial charge in [-0.1, -0.05) is 12.1 Å². The summed E-state index contributed by atoms with van der Waals surface area (Å²) in [6.45, 7) is 2.39. The van der Waals surface area contributed by atoms with Crippen molar-refractivity contribution in [1.82, 2.24) is 19.9 Å². The first-order valence-corrected chi connectivity index (χ1v) is 7.99. The number of hydrogen-bond acceptors (Lipinski definition) is 5. The maximum absolute atomic E-state index is 13.2. The largest absolute Gasteiger partial charge is 0.435 e. The summed E-state index contributed by atoms with van der Waals surface area (Å²) in [5.74, 6) is 1.70. The smallest absolute Gasteiger partial charge is 0.376 e. The number of ether oxygens (including phenoxy) is 1. The standard InChI is InChI=1S/C15H17F3N4O2/c1-8(9-2-3-9)14-19-12(24-21-14)6-22-11-4-5-23-7-10(11)13(20-22)15(16,17)18/h8-9H,2-7H2,1H3. The highest BCUT2D eigenvalue weighted by molar-refractivity contribution is 5.29. The second kappa shape index (κ2) is 5.58. The summed E-state index contributed by atoms with van der Waals surface area (Å²) in [4.78, 5) is 4.34. The minimum absolute atomic E-state index is 0.0444. The molecule has 24 heavy (non-hydrogen) atoms. The van der Waals surface area contributed by atoms with E-state index in [2.05, 4.69) is 15.2 Å². The minimum Gasteiger partial charge on any atom is -0.376 e. The molecule has 0 radical (unpaired) electrons. The molecule has 0 aromatic carbocycles. The molecule has 0 saturated heterocycles. The highest BCUT2D eigenvalue weighted by Crippen LogP contribution is 2.41. The van der Waals surface area contributed by atoms with Crippen LogP contribution in [0.4, 0.5) is 13.2 Å². The van der Waals surface area contributed by atoms with Gasteiger partial charge in [-0.3, -0.25) is 4.68 Å². The summed E-state index contributed by atoms with van der Waals surface area (Å²) < 4.78 is 51.2. The van der Waals surface area contributed by atoms with Crippen molar-refractivity contribution in [3.8, 4) is 0 Å². The topological polar surface area (TPSA) is 66.0 Å². The number of halogens is 3. The lowest BCUT2D eigenvalue weighted by atomic mass is 10.1. The molecule has 3 heterocycles. The van der Waals surface area contributed by atoms with Crippen LogP contribution in [0.3, 0.4) is 0 Å². The number of nitrogens with zero attached hydrogens (tertiary/aromatic N) is 4. The summed E-state index contributed by atoms with van der Waals surface area (Å²) in [5, 5.41) is 7.71. The molecule has 6 nitrogen and oxygen atoms in total. The molecule has 1 unspecified atom stereocenters. The average molecular weight is 342 g/mol. The first-order valence-electron chi connectivity index (χ1n) is 7.99. The van der Waals surface area contributed by atoms with E-state index in [-0.39, 0.29) is 30.5 Å². The van der Waals surface area contributed by atoms with E-state index in [0.717, 1.165) is 12.8 Å².